The first-order valence-corrected chi connectivity index (χ1v) is 8.36. The van der Waals surface area contributed by atoms with Gasteiger partial charge in [0.1, 0.15) is 11.5 Å². The fourth-order valence-electron chi connectivity index (χ4n) is 2.01. The van der Waals surface area contributed by atoms with E-state index in [9.17, 15) is 9.59 Å². The Bertz CT molecular complexity index is 628. The van der Waals surface area contributed by atoms with E-state index in [0.717, 1.165) is 12.8 Å². The zero-order valence-corrected chi connectivity index (χ0v) is 14.5. The maximum atomic E-state index is 11.7. The van der Waals surface area contributed by atoms with Crippen molar-refractivity contribution in [2.45, 2.75) is 26.7 Å². The molecule has 0 aliphatic rings. The van der Waals surface area contributed by atoms with Crippen LogP contribution < -0.4 is 4.74 Å². The van der Waals surface area contributed by atoms with E-state index in [4.69, 9.17) is 14.2 Å². The largest absolute Gasteiger partial charge is 0.462 e. The van der Waals surface area contributed by atoms with Gasteiger partial charge >= 0.3 is 11.9 Å². The lowest BCUT2D eigenvalue weighted by Gasteiger charge is -2.08. The first-order chi connectivity index (χ1) is 12.1. The van der Waals surface area contributed by atoms with Crippen molar-refractivity contribution in [3.05, 3.63) is 59.7 Å². The fraction of sp³-hybridized carbons (Fsp3) is 0.300. The molecule has 0 heterocycles. The number of rotatable bonds is 8. The molecule has 0 aliphatic heterocycles. The topological polar surface area (TPSA) is 61.8 Å². The van der Waals surface area contributed by atoms with Crippen molar-refractivity contribution in [1.82, 2.24) is 0 Å². The molecular weight excluding hydrogens is 320 g/mol. The molecule has 0 atom stereocenters. The zero-order chi connectivity index (χ0) is 18.1. The van der Waals surface area contributed by atoms with Crippen molar-refractivity contribution in [2.24, 2.45) is 0 Å². The molecule has 0 aromatic heterocycles. The van der Waals surface area contributed by atoms with Gasteiger partial charge in [0.25, 0.3) is 0 Å². The summed E-state index contributed by atoms with van der Waals surface area (Å²) in [6, 6.07) is 13.4. The molecule has 2 aromatic rings. The standard InChI is InChI=1S/C20H22O5/c1-3-13-23-19(21)15-5-9-17(10-6-15)25-18-11-7-16(8-12-18)20(22)24-14-4-2/h5-12H,3-4,13-14H2,1-2H3. The maximum absolute atomic E-state index is 11.7. The van der Waals surface area contributed by atoms with E-state index in [0.29, 0.717) is 35.8 Å². The molecule has 0 saturated carbocycles. The second-order valence-electron chi connectivity index (χ2n) is 5.42. The van der Waals surface area contributed by atoms with Crippen LogP contribution in [0, 0.1) is 0 Å². The van der Waals surface area contributed by atoms with Crippen LogP contribution in [0.15, 0.2) is 48.5 Å². The highest BCUT2D eigenvalue weighted by Gasteiger charge is 2.08. The fourth-order valence-corrected chi connectivity index (χ4v) is 2.01. The van der Waals surface area contributed by atoms with Gasteiger partial charge in [-0.3, -0.25) is 0 Å². The van der Waals surface area contributed by atoms with Gasteiger partial charge in [0.15, 0.2) is 0 Å². The molecule has 132 valence electrons. The van der Waals surface area contributed by atoms with Crippen LogP contribution in [0.4, 0.5) is 0 Å². The second-order valence-corrected chi connectivity index (χ2v) is 5.42. The van der Waals surface area contributed by atoms with Crippen LogP contribution in [0.5, 0.6) is 11.5 Å². The zero-order valence-electron chi connectivity index (χ0n) is 14.5. The molecule has 5 nitrogen and oxygen atoms in total. The van der Waals surface area contributed by atoms with E-state index in [1.54, 1.807) is 48.5 Å². The Hall–Kier alpha value is -2.82. The van der Waals surface area contributed by atoms with Gasteiger partial charge in [0.2, 0.25) is 0 Å². The molecule has 0 amide bonds. The monoisotopic (exact) mass is 342 g/mol. The third kappa shape index (κ3) is 5.64. The summed E-state index contributed by atoms with van der Waals surface area (Å²) < 4.78 is 15.9. The van der Waals surface area contributed by atoms with Gasteiger partial charge in [-0.15, -0.1) is 0 Å². The van der Waals surface area contributed by atoms with Gasteiger partial charge < -0.3 is 14.2 Å². The number of benzene rings is 2. The number of carbonyl (C=O) groups is 2. The molecule has 0 N–H and O–H groups in total. The van der Waals surface area contributed by atoms with Crippen molar-refractivity contribution in [3.63, 3.8) is 0 Å². The molecule has 5 heteroatoms. The van der Waals surface area contributed by atoms with E-state index in [2.05, 4.69) is 0 Å². The van der Waals surface area contributed by atoms with Gasteiger partial charge in [0, 0.05) is 0 Å². The van der Waals surface area contributed by atoms with Crippen molar-refractivity contribution in [3.8, 4) is 11.5 Å². The lowest BCUT2D eigenvalue weighted by atomic mass is 10.2. The Labute approximate surface area is 147 Å². The minimum atomic E-state index is -0.344. The van der Waals surface area contributed by atoms with Crippen molar-refractivity contribution in [2.75, 3.05) is 13.2 Å². The Kier molecular flexibility index (Phi) is 7.01. The molecule has 0 aliphatic carbocycles. The summed E-state index contributed by atoms with van der Waals surface area (Å²) in [5, 5.41) is 0. The summed E-state index contributed by atoms with van der Waals surface area (Å²) in [5.41, 5.74) is 0.963. The lowest BCUT2D eigenvalue weighted by molar-refractivity contribution is 0.0496. The van der Waals surface area contributed by atoms with E-state index in [-0.39, 0.29) is 11.9 Å². The van der Waals surface area contributed by atoms with Crippen LogP contribution in [-0.4, -0.2) is 25.2 Å². The Balaban J connectivity index is 1.95. The van der Waals surface area contributed by atoms with Gasteiger partial charge in [-0.05, 0) is 61.4 Å². The second kappa shape index (κ2) is 9.47. The summed E-state index contributed by atoms with van der Waals surface area (Å²) in [5.74, 6) is 0.494. The molecule has 2 rings (SSSR count). The average Bonchev–Trinajstić information content (AvgIpc) is 2.65. The molecule has 25 heavy (non-hydrogen) atoms. The Morgan fingerprint density at radius 2 is 1.04 bits per heavy atom. The molecule has 0 unspecified atom stereocenters. The lowest BCUT2D eigenvalue weighted by Crippen LogP contribution is -2.05. The van der Waals surface area contributed by atoms with Gasteiger partial charge in [-0.25, -0.2) is 9.59 Å². The van der Waals surface area contributed by atoms with Gasteiger partial charge in [-0.1, -0.05) is 13.8 Å². The predicted molar refractivity (Wildman–Crippen MR) is 94.1 cm³/mol. The van der Waals surface area contributed by atoms with Gasteiger partial charge in [0.05, 0.1) is 24.3 Å². The first-order valence-electron chi connectivity index (χ1n) is 8.36. The Morgan fingerprint density at radius 1 is 0.680 bits per heavy atom. The normalized spacial score (nSPS) is 10.2. The average molecular weight is 342 g/mol. The molecule has 0 bridgehead atoms. The molecule has 0 saturated heterocycles. The summed E-state index contributed by atoms with van der Waals surface area (Å²) in [7, 11) is 0. The summed E-state index contributed by atoms with van der Waals surface area (Å²) >= 11 is 0. The Morgan fingerprint density at radius 3 is 1.36 bits per heavy atom. The van der Waals surface area contributed by atoms with E-state index in [1.165, 1.54) is 0 Å². The minimum absolute atomic E-state index is 0.344. The van der Waals surface area contributed by atoms with Crippen LogP contribution in [-0.2, 0) is 9.47 Å². The highest BCUT2D eigenvalue weighted by molar-refractivity contribution is 5.90. The van der Waals surface area contributed by atoms with Crippen LogP contribution in [0.1, 0.15) is 47.4 Å². The summed E-state index contributed by atoms with van der Waals surface area (Å²) in [4.78, 5) is 23.5. The van der Waals surface area contributed by atoms with Crippen molar-refractivity contribution < 1.29 is 23.8 Å². The number of carbonyl (C=O) groups excluding carboxylic acids is 2. The smallest absolute Gasteiger partial charge is 0.338 e. The third-order valence-corrected chi connectivity index (χ3v) is 3.29. The molecule has 0 fully saturated rings. The first kappa shape index (κ1) is 18.5. The van der Waals surface area contributed by atoms with Crippen molar-refractivity contribution in [1.29, 1.82) is 0 Å². The maximum Gasteiger partial charge on any atom is 0.338 e. The van der Waals surface area contributed by atoms with Crippen LogP contribution in [0.3, 0.4) is 0 Å². The molecule has 0 spiro atoms. The highest BCUT2D eigenvalue weighted by atomic mass is 16.5. The van der Waals surface area contributed by atoms with E-state index in [1.807, 2.05) is 13.8 Å². The van der Waals surface area contributed by atoms with Gasteiger partial charge in [-0.2, -0.15) is 0 Å². The van der Waals surface area contributed by atoms with Crippen LogP contribution in [0.2, 0.25) is 0 Å². The minimum Gasteiger partial charge on any atom is -0.462 e. The summed E-state index contributed by atoms with van der Waals surface area (Å²) in [6.45, 7) is 4.70. The molecule has 2 aromatic carbocycles. The van der Waals surface area contributed by atoms with E-state index < -0.39 is 0 Å². The summed E-state index contributed by atoms with van der Waals surface area (Å²) in [6.07, 6.45) is 1.57. The number of hydrogen-bond donors (Lipinski definition) is 0. The van der Waals surface area contributed by atoms with Crippen LogP contribution in [0.25, 0.3) is 0 Å². The van der Waals surface area contributed by atoms with Crippen LogP contribution >= 0.6 is 0 Å². The number of esters is 2. The highest BCUT2D eigenvalue weighted by Crippen LogP contribution is 2.22. The predicted octanol–water partition coefficient (Wildman–Crippen LogP) is 4.61. The quantitative estimate of drug-likeness (QED) is 0.655. The number of ether oxygens (including phenoxy) is 3. The van der Waals surface area contributed by atoms with Crippen molar-refractivity contribution >= 4 is 11.9 Å². The molecule has 0 radical (unpaired) electrons. The SMILES string of the molecule is CCCOC(=O)c1ccc(Oc2ccc(C(=O)OCCC)cc2)cc1. The number of hydrogen-bond acceptors (Lipinski definition) is 5. The third-order valence-electron chi connectivity index (χ3n) is 3.29. The molecular formula is C20H22O5. The van der Waals surface area contributed by atoms with E-state index >= 15 is 0 Å².